The molecule has 1 aromatic heterocycles. The van der Waals surface area contributed by atoms with Gasteiger partial charge in [-0.3, -0.25) is 0 Å². The number of anilines is 1. The molecule has 0 saturated carbocycles. The van der Waals surface area contributed by atoms with Crippen LogP contribution >= 0.6 is 0 Å². The zero-order valence-corrected chi connectivity index (χ0v) is 16.1. The molecule has 26 heavy (non-hydrogen) atoms. The van der Waals surface area contributed by atoms with Crippen molar-refractivity contribution in [1.29, 1.82) is 0 Å². The molecule has 2 rings (SSSR count). The lowest BCUT2D eigenvalue weighted by molar-refractivity contribution is 0.0156. The number of carboxylic acid groups (broad SMARTS) is 1. The zero-order valence-electron chi connectivity index (χ0n) is 16.1. The minimum atomic E-state index is -1.05. The SMILES string of the molecule is CC(C)C1(Nc2ncc(C(=O)O)cn2)CCN(C(=O)OC(C)(C)C)CC1. The van der Waals surface area contributed by atoms with E-state index in [1.54, 1.807) is 4.90 Å². The topological polar surface area (TPSA) is 105 Å². The number of amides is 1. The first-order chi connectivity index (χ1) is 12.0. The van der Waals surface area contributed by atoms with E-state index < -0.39 is 11.6 Å². The molecule has 144 valence electrons. The van der Waals surface area contributed by atoms with E-state index in [0.717, 1.165) is 12.8 Å². The second-order valence-electron chi connectivity index (χ2n) is 8.00. The Kier molecular flexibility index (Phi) is 5.73. The van der Waals surface area contributed by atoms with Crippen molar-refractivity contribution in [2.45, 2.75) is 58.6 Å². The van der Waals surface area contributed by atoms with Crippen LogP contribution in [0.3, 0.4) is 0 Å². The standard InChI is InChI=1S/C18H28N4O4/c1-12(2)18(21-15-19-10-13(11-20-15)14(23)24)6-8-22(9-7-18)16(25)26-17(3,4)5/h10-12H,6-9H2,1-5H3,(H,23,24)(H,19,20,21). The number of rotatable bonds is 4. The Hall–Kier alpha value is -2.38. The van der Waals surface area contributed by atoms with Gasteiger partial charge in [0.05, 0.1) is 5.56 Å². The second kappa shape index (κ2) is 7.47. The van der Waals surface area contributed by atoms with Gasteiger partial charge in [0.15, 0.2) is 0 Å². The molecule has 2 heterocycles. The molecule has 0 aliphatic carbocycles. The van der Waals surface area contributed by atoms with Gasteiger partial charge in [-0.05, 0) is 39.5 Å². The molecule has 0 radical (unpaired) electrons. The molecule has 1 aliphatic heterocycles. The molecule has 1 amide bonds. The zero-order chi connectivity index (χ0) is 19.5. The highest BCUT2D eigenvalue weighted by atomic mass is 16.6. The first kappa shape index (κ1) is 19.9. The molecule has 1 aliphatic rings. The van der Waals surface area contributed by atoms with Crippen LogP contribution in [0.2, 0.25) is 0 Å². The summed E-state index contributed by atoms with van der Waals surface area (Å²) in [6.07, 6.45) is 3.75. The van der Waals surface area contributed by atoms with E-state index in [2.05, 4.69) is 29.1 Å². The van der Waals surface area contributed by atoms with Crippen molar-refractivity contribution < 1.29 is 19.4 Å². The van der Waals surface area contributed by atoms with Crippen molar-refractivity contribution in [3.8, 4) is 0 Å². The average Bonchev–Trinajstić information content (AvgIpc) is 2.54. The van der Waals surface area contributed by atoms with E-state index >= 15 is 0 Å². The highest BCUT2D eigenvalue weighted by Crippen LogP contribution is 2.33. The number of ether oxygens (including phenoxy) is 1. The number of hydrogen-bond donors (Lipinski definition) is 2. The predicted octanol–water partition coefficient (Wildman–Crippen LogP) is 3.01. The van der Waals surface area contributed by atoms with Gasteiger partial charge in [-0.1, -0.05) is 13.8 Å². The minimum Gasteiger partial charge on any atom is -0.478 e. The molecule has 1 aromatic rings. The maximum Gasteiger partial charge on any atom is 0.410 e. The van der Waals surface area contributed by atoms with Crippen molar-refractivity contribution >= 4 is 18.0 Å². The number of nitrogens with one attached hydrogen (secondary N) is 1. The lowest BCUT2D eigenvalue weighted by atomic mass is 9.78. The number of aromatic nitrogens is 2. The van der Waals surface area contributed by atoms with Crippen LogP contribution in [0.25, 0.3) is 0 Å². The van der Waals surface area contributed by atoms with Gasteiger partial charge in [-0.25, -0.2) is 19.6 Å². The van der Waals surface area contributed by atoms with Crippen LogP contribution in [0.4, 0.5) is 10.7 Å². The van der Waals surface area contributed by atoms with Crippen molar-refractivity contribution in [1.82, 2.24) is 14.9 Å². The number of hydrogen-bond acceptors (Lipinski definition) is 6. The summed E-state index contributed by atoms with van der Waals surface area (Å²) < 4.78 is 5.45. The summed E-state index contributed by atoms with van der Waals surface area (Å²) >= 11 is 0. The first-order valence-corrected chi connectivity index (χ1v) is 8.84. The smallest absolute Gasteiger partial charge is 0.410 e. The van der Waals surface area contributed by atoms with E-state index in [9.17, 15) is 9.59 Å². The van der Waals surface area contributed by atoms with Gasteiger partial charge in [0.1, 0.15) is 5.60 Å². The largest absolute Gasteiger partial charge is 0.478 e. The summed E-state index contributed by atoms with van der Waals surface area (Å²) in [5.41, 5.74) is -0.723. The van der Waals surface area contributed by atoms with Crippen LogP contribution < -0.4 is 5.32 Å². The van der Waals surface area contributed by atoms with Crippen LogP contribution in [0, 0.1) is 5.92 Å². The summed E-state index contributed by atoms with van der Waals surface area (Å²) in [5.74, 6) is -0.374. The Morgan fingerprint density at radius 2 is 1.77 bits per heavy atom. The summed E-state index contributed by atoms with van der Waals surface area (Å²) in [6.45, 7) is 10.9. The molecule has 0 unspecified atom stereocenters. The molecule has 1 fully saturated rings. The fourth-order valence-electron chi connectivity index (χ4n) is 2.99. The fourth-order valence-corrected chi connectivity index (χ4v) is 2.99. The third-order valence-corrected chi connectivity index (χ3v) is 4.67. The van der Waals surface area contributed by atoms with Crippen LogP contribution in [0.1, 0.15) is 57.8 Å². The van der Waals surface area contributed by atoms with Gasteiger partial charge in [0.25, 0.3) is 0 Å². The number of carbonyl (C=O) groups is 2. The van der Waals surface area contributed by atoms with Crippen molar-refractivity contribution in [3.63, 3.8) is 0 Å². The fraction of sp³-hybridized carbons (Fsp3) is 0.667. The summed E-state index contributed by atoms with van der Waals surface area (Å²) in [5, 5.41) is 12.3. The molecule has 0 bridgehead atoms. The Morgan fingerprint density at radius 3 is 2.19 bits per heavy atom. The summed E-state index contributed by atoms with van der Waals surface area (Å²) in [6, 6.07) is 0. The summed E-state index contributed by atoms with van der Waals surface area (Å²) in [4.78, 5) is 33.1. The Balaban J connectivity index is 2.05. The monoisotopic (exact) mass is 364 g/mol. The first-order valence-electron chi connectivity index (χ1n) is 8.84. The van der Waals surface area contributed by atoms with Crippen LogP contribution in [0.15, 0.2) is 12.4 Å². The summed E-state index contributed by atoms with van der Waals surface area (Å²) in [7, 11) is 0. The van der Waals surface area contributed by atoms with Crippen molar-refractivity contribution in [2.75, 3.05) is 18.4 Å². The lowest BCUT2D eigenvalue weighted by Gasteiger charge is -2.45. The Morgan fingerprint density at radius 1 is 1.23 bits per heavy atom. The third-order valence-electron chi connectivity index (χ3n) is 4.67. The van der Waals surface area contributed by atoms with E-state index in [0.29, 0.717) is 19.0 Å². The molecule has 8 heteroatoms. The molecule has 8 nitrogen and oxygen atoms in total. The molecule has 2 N–H and O–H groups in total. The van der Waals surface area contributed by atoms with Gasteiger partial charge in [0, 0.05) is 31.0 Å². The van der Waals surface area contributed by atoms with Crippen LogP contribution in [0.5, 0.6) is 0 Å². The maximum atomic E-state index is 12.3. The molecule has 0 aromatic carbocycles. The van der Waals surface area contributed by atoms with Crippen molar-refractivity contribution in [3.05, 3.63) is 18.0 Å². The number of likely N-dealkylation sites (tertiary alicyclic amines) is 1. The predicted molar refractivity (Wildman–Crippen MR) is 97.2 cm³/mol. The highest BCUT2D eigenvalue weighted by Gasteiger charge is 2.40. The normalized spacial score (nSPS) is 17.1. The Bertz CT molecular complexity index is 644. The number of carboxylic acids is 1. The third kappa shape index (κ3) is 4.83. The van der Waals surface area contributed by atoms with E-state index in [-0.39, 0.29) is 23.1 Å². The Labute approximate surface area is 154 Å². The second-order valence-corrected chi connectivity index (χ2v) is 8.00. The van der Waals surface area contributed by atoms with Gasteiger partial charge in [-0.15, -0.1) is 0 Å². The van der Waals surface area contributed by atoms with Crippen LogP contribution in [-0.4, -0.2) is 56.3 Å². The molecule has 1 saturated heterocycles. The van der Waals surface area contributed by atoms with E-state index in [1.807, 2.05) is 20.8 Å². The lowest BCUT2D eigenvalue weighted by Crippen LogP contribution is -2.54. The van der Waals surface area contributed by atoms with Gasteiger partial charge < -0.3 is 20.1 Å². The van der Waals surface area contributed by atoms with Gasteiger partial charge in [-0.2, -0.15) is 0 Å². The quantitative estimate of drug-likeness (QED) is 0.846. The van der Waals surface area contributed by atoms with E-state index in [4.69, 9.17) is 9.84 Å². The van der Waals surface area contributed by atoms with E-state index in [1.165, 1.54) is 12.4 Å². The number of carbonyl (C=O) groups excluding carboxylic acids is 1. The van der Waals surface area contributed by atoms with Crippen LogP contribution in [-0.2, 0) is 4.74 Å². The van der Waals surface area contributed by atoms with Gasteiger partial charge in [0.2, 0.25) is 5.95 Å². The minimum absolute atomic E-state index is 0.0499. The number of nitrogens with zero attached hydrogens (tertiary/aromatic N) is 3. The maximum absolute atomic E-state index is 12.3. The number of piperidine rings is 1. The average molecular weight is 364 g/mol. The number of aromatic carboxylic acids is 1. The highest BCUT2D eigenvalue weighted by molar-refractivity contribution is 5.86. The van der Waals surface area contributed by atoms with Crippen molar-refractivity contribution in [2.24, 2.45) is 5.92 Å². The molecule has 0 atom stereocenters. The molecular formula is C18H28N4O4. The van der Waals surface area contributed by atoms with Gasteiger partial charge >= 0.3 is 12.1 Å². The molecular weight excluding hydrogens is 336 g/mol. The molecule has 0 spiro atoms.